The number of rotatable bonds is 1. The van der Waals surface area contributed by atoms with Crippen molar-refractivity contribution in [1.29, 1.82) is 5.26 Å². The van der Waals surface area contributed by atoms with Crippen LogP contribution in [0, 0.1) is 11.3 Å². The van der Waals surface area contributed by atoms with Crippen LogP contribution in [0.15, 0.2) is 12.7 Å². The quantitative estimate of drug-likeness (QED) is 0.512. The molecular weight excluding hydrogens is 156 g/mol. The Kier molecular flexibility index (Phi) is 2.83. The van der Waals surface area contributed by atoms with Gasteiger partial charge in [0.15, 0.2) is 6.10 Å². The summed E-state index contributed by atoms with van der Waals surface area (Å²) in [4.78, 5) is 12.6. The molecule has 1 saturated heterocycles. The molecule has 1 aliphatic heterocycles. The third-order valence-electron chi connectivity index (χ3n) is 1.70. The highest BCUT2D eigenvalue weighted by atomic mass is 16.5. The second-order valence-electron chi connectivity index (χ2n) is 2.48. The van der Waals surface area contributed by atoms with Gasteiger partial charge >= 0.3 is 0 Å². The average Bonchev–Trinajstić information content (AvgIpc) is 2.17. The molecule has 64 valence electrons. The Morgan fingerprint density at radius 3 is 3.17 bits per heavy atom. The van der Waals surface area contributed by atoms with Gasteiger partial charge in [0.2, 0.25) is 5.91 Å². The number of hydrogen-bond donors (Lipinski definition) is 0. The SMILES string of the molecule is C=CC(=O)N1CCOC(C#N)C1. The predicted octanol–water partition coefficient (Wildman–Crippen LogP) is -0.0766. The van der Waals surface area contributed by atoms with Crippen molar-refractivity contribution in [1.82, 2.24) is 4.90 Å². The van der Waals surface area contributed by atoms with E-state index in [2.05, 4.69) is 6.58 Å². The summed E-state index contributed by atoms with van der Waals surface area (Å²) in [7, 11) is 0. The van der Waals surface area contributed by atoms with Crippen molar-refractivity contribution in [3.05, 3.63) is 12.7 Å². The summed E-state index contributed by atoms with van der Waals surface area (Å²) in [6.45, 7) is 4.69. The van der Waals surface area contributed by atoms with E-state index in [-0.39, 0.29) is 5.91 Å². The highest BCUT2D eigenvalue weighted by Crippen LogP contribution is 2.04. The molecule has 1 heterocycles. The van der Waals surface area contributed by atoms with E-state index in [1.807, 2.05) is 6.07 Å². The lowest BCUT2D eigenvalue weighted by Gasteiger charge is -2.28. The summed E-state index contributed by atoms with van der Waals surface area (Å²) in [5.41, 5.74) is 0. The molecule has 1 rings (SSSR count). The third-order valence-corrected chi connectivity index (χ3v) is 1.70. The first kappa shape index (κ1) is 8.75. The van der Waals surface area contributed by atoms with Crippen LogP contribution in [0.25, 0.3) is 0 Å². The molecule has 0 aromatic heterocycles. The van der Waals surface area contributed by atoms with Gasteiger partial charge in [0.1, 0.15) is 0 Å². The van der Waals surface area contributed by atoms with Crippen LogP contribution >= 0.6 is 0 Å². The minimum Gasteiger partial charge on any atom is -0.360 e. The normalized spacial score (nSPS) is 22.9. The van der Waals surface area contributed by atoms with E-state index in [0.29, 0.717) is 19.7 Å². The van der Waals surface area contributed by atoms with Crippen molar-refractivity contribution >= 4 is 5.91 Å². The first-order valence-electron chi connectivity index (χ1n) is 3.70. The molecule has 4 nitrogen and oxygen atoms in total. The Morgan fingerprint density at radius 1 is 1.83 bits per heavy atom. The van der Waals surface area contributed by atoms with Crippen LogP contribution in [0.2, 0.25) is 0 Å². The summed E-state index contributed by atoms with van der Waals surface area (Å²) >= 11 is 0. The average molecular weight is 166 g/mol. The highest BCUT2D eigenvalue weighted by Gasteiger charge is 2.21. The van der Waals surface area contributed by atoms with E-state index in [9.17, 15) is 4.79 Å². The van der Waals surface area contributed by atoms with Gasteiger partial charge in [-0.2, -0.15) is 5.26 Å². The molecule has 1 unspecified atom stereocenters. The smallest absolute Gasteiger partial charge is 0.246 e. The fraction of sp³-hybridized carbons (Fsp3) is 0.500. The molecule has 1 fully saturated rings. The summed E-state index contributed by atoms with van der Waals surface area (Å²) in [5.74, 6) is -0.140. The monoisotopic (exact) mass is 166 g/mol. The number of nitrogens with zero attached hydrogens (tertiary/aromatic N) is 2. The van der Waals surface area contributed by atoms with Gasteiger partial charge in [-0.1, -0.05) is 6.58 Å². The summed E-state index contributed by atoms with van der Waals surface area (Å²) in [5, 5.41) is 8.52. The number of carbonyl (C=O) groups is 1. The highest BCUT2D eigenvalue weighted by molar-refractivity contribution is 5.87. The molecule has 12 heavy (non-hydrogen) atoms. The first-order chi connectivity index (χ1) is 5.77. The van der Waals surface area contributed by atoms with E-state index in [1.54, 1.807) is 4.90 Å². The van der Waals surface area contributed by atoms with E-state index in [1.165, 1.54) is 6.08 Å². The molecule has 1 aliphatic rings. The predicted molar refractivity (Wildman–Crippen MR) is 42.1 cm³/mol. The van der Waals surface area contributed by atoms with Crippen molar-refractivity contribution in [3.63, 3.8) is 0 Å². The van der Waals surface area contributed by atoms with Crippen LogP contribution in [0.5, 0.6) is 0 Å². The van der Waals surface area contributed by atoms with Gasteiger partial charge in [-0.15, -0.1) is 0 Å². The largest absolute Gasteiger partial charge is 0.360 e. The summed E-state index contributed by atoms with van der Waals surface area (Å²) < 4.78 is 5.06. The van der Waals surface area contributed by atoms with Crippen LogP contribution in [0.3, 0.4) is 0 Å². The maximum Gasteiger partial charge on any atom is 0.246 e. The van der Waals surface area contributed by atoms with Crippen LogP contribution in [-0.4, -0.2) is 36.6 Å². The van der Waals surface area contributed by atoms with Crippen molar-refractivity contribution in [2.24, 2.45) is 0 Å². The molecule has 0 aliphatic carbocycles. The molecule has 1 atom stereocenters. The molecule has 1 amide bonds. The molecule has 0 aromatic carbocycles. The molecule has 4 heteroatoms. The number of morpholine rings is 1. The van der Waals surface area contributed by atoms with Gasteiger partial charge in [-0.05, 0) is 6.08 Å². The Bertz CT molecular complexity index is 232. The zero-order valence-electron chi connectivity index (χ0n) is 6.69. The first-order valence-corrected chi connectivity index (χ1v) is 3.70. The Hall–Kier alpha value is -1.34. The Labute approximate surface area is 71.0 Å². The second-order valence-corrected chi connectivity index (χ2v) is 2.48. The van der Waals surface area contributed by atoms with E-state index in [0.717, 1.165) is 0 Å². The van der Waals surface area contributed by atoms with E-state index >= 15 is 0 Å². The number of ether oxygens (including phenoxy) is 1. The van der Waals surface area contributed by atoms with Crippen LogP contribution < -0.4 is 0 Å². The zero-order chi connectivity index (χ0) is 8.97. The summed E-state index contributed by atoms with van der Waals surface area (Å²) in [6, 6.07) is 1.96. The van der Waals surface area contributed by atoms with Crippen LogP contribution in [-0.2, 0) is 9.53 Å². The van der Waals surface area contributed by atoms with Gasteiger partial charge in [0.25, 0.3) is 0 Å². The number of amides is 1. The fourth-order valence-electron chi connectivity index (χ4n) is 1.06. The van der Waals surface area contributed by atoms with E-state index in [4.69, 9.17) is 10.00 Å². The van der Waals surface area contributed by atoms with Crippen molar-refractivity contribution in [3.8, 4) is 6.07 Å². The Morgan fingerprint density at radius 2 is 2.58 bits per heavy atom. The maximum atomic E-state index is 11.1. The van der Waals surface area contributed by atoms with Gasteiger partial charge in [-0.3, -0.25) is 4.79 Å². The molecular formula is C8H10N2O2. The minimum atomic E-state index is -0.484. The summed E-state index contributed by atoms with van der Waals surface area (Å²) in [6.07, 6.45) is 0.766. The van der Waals surface area contributed by atoms with Crippen molar-refractivity contribution in [2.45, 2.75) is 6.10 Å². The van der Waals surface area contributed by atoms with Crippen LogP contribution in [0.1, 0.15) is 0 Å². The third kappa shape index (κ3) is 1.83. The van der Waals surface area contributed by atoms with E-state index < -0.39 is 6.10 Å². The fourth-order valence-corrected chi connectivity index (χ4v) is 1.06. The Balaban J connectivity index is 2.52. The molecule has 0 bridgehead atoms. The molecule has 0 spiro atoms. The lowest BCUT2D eigenvalue weighted by molar-refractivity contribution is -0.131. The lowest BCUT2D eigenvalue weighted by Crippen LogP contribution is -2.44. The molecule has 0 radical (unpaired) electrons. The topological polar surface area (TPSA) is 53.3 Å². The van der Waals surface area contributed by atoms with Gasteiger partial charge in [0.05, 0.1) is 19.2 Å². The van der Waals surface area contributed by atoms with Gasteiger partial charge in [0, 0.05) is 6.54 Å². The maximum absolute atomic E-state index is 11.1. The molecule has 0 N–H and O–H groups in total. The van der Waals surface area contributed by atoms with Crippen LogP contribution in [0.4, 0.5) is 0 Å². The van der Waals surface area contributed by atoms with Crippen molar-refractivity contribution in [2.75, 3.05) is 19.7 Å². The molecule has 0 saturated carbocycles. The molecule has 0 aromatic rings. The number of hydrogen-bond acceptors (Lipinski definition) is 3. The zero-order valence-corrected chi connectivity index (χ0v) is 6.69. The lowest BCUT2D eigenvalue weighted by atomic mass is 10.3. The number of carbonyl (C=O) groups excluding carboxylic acids is 1. The standard InChI is InChI=1S/C8H10N2O2/c1-2-8(11)10-3-4-12-7(5-9)6-10/h2,7H,1,3-4,6H2. The second kappa shape index (κ2) is 3.88. The van der Waals surface area contributed by atoms with Gasteiger partial charge in [-0.25, -0.2) is 0 Å². The number of nitriles is 1. The minimum absolute atomic E-state index is 0.140. The van der Waals surface area contributed by atoms with Crippen molar-refractivity contribution < 1.29 is 9.53 Å². The van der Waals surface area contributed by atoms with Gasteiger partial charge < -0.3 is 9.64 Å².